The fraction of sp³-hybridized carbons (Fsp3) is 0.182. The molecule has 5 nitrogen and oxygen atoms in total. The second-order valence-electron chi connectivity index (χ2n) is 3.41. The lowest BCUT2D eigenvalue weighted by atomic mass is 10.3. The maximum atomic E-state index is 9.17. The average Bonchev–Trinajstić information content (AvgIpc) is 2.76. The minimum absolute atomic E-state index is 0.248. The smallest absolute Gasteiger partial charge is 0.115 e. The Morgan fingerprint density at radius 3 is 2.75 bits per heavy atom. The molecule has 0 aliphatic rings. The van der Waals surface area contributed by atoms with Crippen LogP contribution >= 0.6 is 0 Å². The van der Waals surface area contributed by atoms with Gasteiger partial charge in [0.2, 0.25) is 0 Å². The molecule has 0 saturated heterocycles. The van der Waals surface area contributed by atoms with Gasteiger partial charge in [0.1, 0.15) is 5.75 Å². The third kappa shape index (κ3) is 2.32. The molecule has 2 rings (SSSR count). The van der Waals surface area contributed by atoms with Gasteiger partial charge in [-0.3, -0.25) is 0 Å². The lowest BCUT2D eigenvalue weighted by molar-refractivity contribution is 0.475. The number of hydrogen-bond acceptors (Lipinski definition) is 4. The number of phenolic OH excluding ortho intramolecular Hbond substituents is 1. The normalized spacial score (nSPS) is 10.3. The van der Waals surface area contributed by atoms with E-state index in [0.29, 0.717) is 6.54 Å². The highest BCUT2D eigenvalue weighted by Gasteiger charge is 1.99. The lowest BCUT2D eigenvalue weighted by Gasteiger charge is -2.01. The van der Waals surface area contributed by atoms with Crippen LogP contribution in [0, 0.1) is 0 Å². The molecule has 1 aromatic heterocycles. The third-order valence-corrected chi connectivity index (χ3v) is 2.17. The van der Waals surface area contributed by atoms with Crippen LogP contribution in [0.25, 0.3) is 5.69 Å². The molecule has 0 saturated carbocycles. The van der Waals surface area contributed by atoms with E-state index >= 15 is 0 Å². The molecular weight excluding hydrogens is 204 g/mol. The van der Waals surface area contributed by atoms with E-state index in [1.807, 2.05) is 6.20 Å². The number of nitrogens with zero attached hydrogens (tertiary/aromatic N) is 2. The second kappa shape index (κ2) is 4.67. The van der Waals surface area contributed by atoms with Crippen LogP contribution in [0.3, 0.4) is 0 Å². The van der Waals surface area contributed by atoms with Crippen molar-refractivity contribution >= 4 is 5.69 Å². The van der Waals surface area contributed by atoms with Gasteiger partial charge in [-0.05, 0) is 24.3 Å². The molecule has 16 heavy (non-hydrogen) atoms. The van der Waals surface area contributed by atoms with Gasteiger partial charge in [-0.2, -0.15) is 5.10 Å². The van der Waals surface area contributed by atoms with Crippen molar-refractivity contribution in [3.8, 4) is 11.4 Å². The van der Waals surface area contributed by atoms with Gasteiger partial charge in [0.25, 0.3) is 0 Å². The highest BCUT2D eigenvalue weighted by atomic mass is 16.3. The lowest BCUT2D eigenvalue weighted by Crippen LogP contribution is -2.12. The van der Waals surface area contributed by atoms with Crippen LogP contribution in [0.15, 0.2) is 36.7 Å². The Labute approximate surface area is 93.5 Å². The molecule has 0 aliphatic heterocycles. The summed E-state index contributed by atoms with van der Waals surface area (Å²) >= 11 is 0. The molecular formula is C11H14N4O. The fourth-order valence-corrected chi connectivity index (χ4v) is 1.38. The largest absolute Gasteiger partial charge is 0.508 e. The van der Waals surface area contributed by atoms with Crippen molar-refractivity contribution in [2.45, 2.75) is 0 Å². The van der Waals surface area contributed by atoms with Gasteiger partial charge in [-0.25, -0.2) is 4.68 Å². The van der Waals surface area contributed by atoms with E-state index in [1.54, 1.807) is 35.1 Å². The van der Waals surface area contributed by atoms with E-state index in [0.717, 1.165) is 17.9 Å². The molecule has 0 fully saturated rings. The van der Waals surface area contributed by atoms with E-state index in [1.165, 1.54) is 0 Å². The number of hydrogen-bond donors (Lipinski definition) is 3. The molecule has 4 N–H and O–H groups in total. The molecule has 0 aliphatic carbocycles. The van der Waals surface area contributed by atoms with Crippen LogP contribution in [0.4, 0.5) is 5.69 Å². The van der Waals surface area contributed by atoms with Crippen molar-refractivity contribution in [1.29, 1.82) is 0 Å². The summed E-state index contributed by atoms with van der Waals surface area (Å²) in [6, 6.07) is 6.86. The van der Waals surface area contributed by atoms with Crippen LogP contribution in [0.5, 0.6) is 5.75 Å². The third-order valence-electron chi connectivity index (χ3n) is 2.17. The quantitative estimate of drug-likeness (QED) is 0.714. The van der Waals surface area contributed by atoms with E-state index in [4.69, 9.17) is 10.8 Å². The molecule has 1 heterocycles. The number of phenols is 1. The molecule has 0 bridgehead atoms. The molecule has 5 heteroatoms. The van der Waals surface area contributed by atoms with E-state index < -0.39 is 0 Å². The summed E-state index contributed by atoms with van der Waals surface area (Å²) in [6.07, 6.45) is 3.62. The average molecular weight is 218 g/mol. The summed E-state index contributed by atoms with van der Waals surface area (Å²) < 4.78 is 1.73. The van der Waals surface area contributed by atoms with Crippen LogP contribution in [-0.2, 0) is 0 Å². The first-order chi connectivity index (χ1) is 7.79. The highest BCUT2D eigenvalue weighted by molar-refractivity contribution is 5.43. The van der Waals surface area contributed by atoms with Crippen LogP contribution in [0.2, 0.25) is 0 Å². The zero-order valence-corrected chi connectivity index (χ0v) is 8.80. The van der Waals surface area contributed by atoms with E-state index in [-0.39, 0.29) is 5.75 Å². The van der Waals surface area contributed by atoms with Crippen LogP contribution in [0.1, 0.15) is 0 Å². The van der Waals surface area contributed by atoms with Crippen molar-refractivity contribution in [2.24, 2.45) is 5.73 Å². The van der Waals surface area contributed by atoms with Gasteiger partial charge >= 0.3 is 0 Å². The van der Waals surface area contributed by atoms with Crippen molar-refractivity contribution in [3.63, 3.8) is 0 Å². The summed E-state index contributed by atoms with van der Waals surface area (Å²) in [6.45, 7) is 1.31. The van der Waals surface area contributed by atoms with E-state index in [2.05, 4.69) is 10.4 Å². The summed E-state index contributed by atoms with van der Waals surface area (Å²) in [5.41, 5.74) is 7.22. The summed E-state index contributed by atoms with van der Waals surface area (Å²) in [5.74, 6) is 0.248. The second-order valence-corrected chi connectivity index (χ2v) is 3.41. The maximum Gasteiger partial charge on any atom is 0.115 e. The van der Waals surface area contributed by atoms with Gasteiger partial charge in [-0.1, -0.05) is 0 Å². The van der Waals surface area contributed by atoms with Gasteiger partial charge in [0, 0.05) is 13.1 Å². The molecule has 0 atom stereocenters. The minimum Gasteiger partial charge on any atom is -0.508 e. The van der Waals surface area contributed by atoms with Gasteiger partial charge in [0.15, 0.2) is 0 Å². The Hall–Kier alpha value is -2.01. The number of rotatable bonds is 4. The SMILES string of the molecule is NCCNc1cnn(-c2ccc(O)cc2)c1. The molecule has 1 aromatic carbocycles. The predicted molar refractivity (Wildman–Crippen MR) is 62.8 cm³/mol. The number of nitrogens with one attached hydrogen (secondary N) is 1. The predicted octanol–water partition coefficient (Wildman–Crippen LogP) is 0.948. The Morgan fingerprint density at radius 2 is 2.06 bits per heavy atom. The van der Waals surface area contributed by atoms with Gasteiger partial charge in [0.05, 0.1) is 23.8 Å². The molecule has 0 radical (unpaired) electrons. The number of benzene rings is 1. The first kappa shape index (κ1) is 10.5. The van der Waals surface area contributed by atoms with Gasteiger partial charge < -0.3 is 16.2 Å². The zero-order valence-electron chi connectivity index (χ0n) is 8.80. The standard InChI is InChI=1S/C11H14N4O/c12-5-6-13-9-7-14-15(8-9)10-1-3-11(16)4-2-10/h1-4,7-8,13,16H,5-6,12H2. The van der Waals surface area contributed by atoms with Crippen LogP contribution in [-0.4, -0.2) is 28.0 Å². The Bertz CT molecular complexity index is 449. The number of anilines is 1. The molecule has 0 unspecified atom stereocenters. The zero-order chi connectivity index (χ0) is 11.4. The Morgan fingerprint density at radius 1 is 1.31 bits per heavy atom. The van der Waals surface area contributed by atoms with Crippen molar-refractivity contribution in [2.75, 3.05) is 18.4 Å². The molecule has 2 aromatic rings. The number of nitrogens with two attached hydrogens (primary N) is 1. The molecule has 84 valence electrons. The Kier molecular flexibility index (Phi) is 3.07. The number of aromatic hydroxyl groups is 1. The van der Waals surface area contributed by atoms with Crippen molar-refractivity contribution < 1.29 is 5.11 Å². The summed E-state index contributed by atoms with van der Waals surface area (Å²) in [7, 11) is 0. The highest BCUT2D eigenvalue weighted by Crippen LogP contribution is 2.14. The first-order valence-corrected chi connectivity index (χ1v) is 5.07. The fourth-order valence-electron chi connectivity index (χ4n) is 1.38. The summed E-state index contributed by atoms with van der Waals surface area (Å²) in [4.78, 5) is 0. The first-order valence-electron chi connectivity index (χ1n) is 5.07. The van der Waals surface area contributed by atoms with Crippen molar-refractivity contribution in [1.82, 2.24) is 9.78 Å². The molecule has 0 spiro atoms. The minimum atomic E-state index is 0.248. The Balaban J connectivity index is 2.15. The monoisotopic (exact) mass is 218 g/mol. The molecule has 0 amide bonds. The van der Waals surface area contributed by atoms with Gasteiger partial charge in [-0.15, -0.1) is 0 Å². The van der Waals surface area contributed by atoms with Crippen LogP contribution < -0.4 is 11.1 Å². The topological polar surface area (TPSA) is 76.1 Å². The maximum absolute atomic E-state index is 9.17. The summed E-state index contributed by atoms with van der Waals surface area (Å²) in [5, 5.41) is 16.5. The van der Waals surface area contributed by atoms with Crippen molar-refractivity contribution in [3.05, 3.63) is 36.7 Å². The number of aromatic nitrogens is 2. The van der Waals surface area contributed by atoms with E-state index in [9.17, 15) is 0 Å².